The van der Waals surface area contributed by atoms with Crippen molar-refractivity contribution in [2.24, 2.45) is 11.8 Å². The Balaban J connectivity index is 1.68. The summed E-state index contributed by atoms with van der Waals surface area (Å²) in [5, 5.41) is 3.68. The van der Waals surface area contributed by atoms with Gasteiger partial charge in [0.15, 0.2) is 0 Å². The number of fused-ring (bicyclic) bond motifs is 2. The maximum absolute atomic E-state index is 12.8. The summed E-state index contributed by atoms with van der Waals surface area (Å²) in [6.45, 7) is 5.31. The van der Waals surface area contributed by atoms with E-state index in [-0.39, 0.29) is 0 Å². The fourth-order valence-corrected chi connectivity index (χ4v) is 4.60. The number of rotatable bonds is 3. The predicted octanol–water partition coefficient (Wildman–Crippen LogP) is 2.55. The second kappa shape index (κ2) is 5.43. The van der Waals surface area contributed by atoms with Crippen LogP contribution in [0.15, 0.2) is 0 Å². The first-order valence-electron chi connectivity index (χ1n) is 8.25. The van der Waals surface area contributed by atoms with Gasteiger partial charge in [-0.05, 0) is 51.4 Å². The molecule has 4 atom stereocenters. The number of nitrogens with zero attached hydrogens (tertiary/aromatic N) is 1. The van der Waals surface area contributed by atoms with Crippen LogP contribution in [0.3, 0.4) is 0 Å². The normalized spacial score (nSPS) is 41.5. The zero-order chi connectivity index (χ0) is 13.4. The standard InChI is InChI=1S/C16H28N2O/c1-3-18(16(19)15-6-4-5-11(15)2)14-9-12-7-8-13(10-14)17-12/h11-15,17H,3-10H2,1-2H3. The molecular formula is C16H28N2O. The van der Waals surface area contributed by atoms with Gasteiger partial charge in [0.05, 0.1) is 0 Å². The summed E-state index contributed by atoms with van der Waals surface area (Å²) in [5.74, 6) is 1.37. The highest BCUT2D eigenvalue weighted by Gasteiger charge is 2.40. The molecular weight excluding hydrogens is 236 g/mol. The maximum Gasteiger partial charge on any atom is 0.226 e. The van der Waals surface area contributed by atoms with E-state index in [1.807, 2.05) is 0 Å². The van der Waals surface area contributed by atoms with Crippen molar-refractivity contribution >= 4 is 5.91 Å². The molecule has 1 saturated carbocycles. The van der Waals surface area contributed by atoms with Crippen molar-refractivity contribution in [2.75, 3.05) is 6.54 Å². The highest BCUT2D eigenvalue weighted by atomic mass is 16.2. The van der Waals surface area contributed by atoms with Crippen molar-refractivity contribution in [3.8, 4) is 0 Å². The molecule has 0 aromatic carbocycles. The Morgan fingerprint density at radius 2 is 1.84 bits per heavy atom. The van der Waals surface area contributed by atoms with Gasteiger partial charge in [0.2, 0.25) is 5.91 Å². The van der Waals surface area contributed by atoms with Gasteiger partial charge in [-0.2, -0.15) is 0 Å². The molecule has 2 bridgehead atoms. The van der Waals surface area contributed by atoms with Crippen molar-refractivity contribution in [2.45, 2.75) is 76.9 Å². The minimum absolute atomic E-state index is 0.312. The van der Waals surface area contributed by atoms with E-state index in [1.165, 1.54) is 38.5 Å². The second-order valence-electron chi connectivity index (χ2n) is 6.90. The Bertz CT molecular complexity index is 332. The predicted molar refractivity (Wildman–Crippen MR) is 76.9 cm³/mol. The molecule has 2 aliphatic heterocycles. The number of carbonyl (C=O) groups excluding carboxylic acids is 1. The van der Waals surface area contributed by atoms with Gasteiger partial charge in [-0.15, -0.1) is 0 Å². The molecule has 3 nitrogen and oxygen atoms in total. The molecule has 3 rings (SSSR count). The first-order valence-corrected chi connectivity index (χ1v) is 8.25. The van der Waals surface area contributed by atoms with E-state index in [9.17, 15) is 4.79 Å². The lowest BCUT2D eigenvalue weighted by atomic mass is 9.93. The van der Waals surface area contributed by atoms with E-state index in [2.05, 4.69) is 24.1 Å². The minimum Gasteiger partial charge on any atom is -0.340 e. The van der Waals surface area contributed by atoms with Crippen LogP contribution in [0.1, 0.15) is 58.8 Å². The van der Waals surface area contributed by atoms with Crippen LogP contribution in [-0.4, -0.2) is 35.5 Å². The average molecular weight is 264 g/mol. The molecule has 1 amide bonds. The highest BCUT2D eigenvalue weighted by molar-refractivity contribution is 5.79. The van der Waals surface area contributed by atoms with E-state index in [0.717, 1.165) is 13.0 Å². The van der Waals surface area contributed by atoms with E-state index in [1.54, 1.807) is 0 Å². The van der Waals surface area contributed by atoms with Crippen LogP contribution in [0, 0.1) is 11.8 Å². The van der Waals surface area contributed by atoms with Crippen LogP contribution in [0.2, 0.25) is 0 Å². The topological polar surface area (TPSA) is 32.3 Å². The van der Waals surface area contributed by atoms with Gasteiger partial charge in [-0.1, -0.05) is 13.3 Å². The Labute approximate surface area is 117 Å². The van der Waals surface area contributed by atoms with Crippen LogP contribution in [0.4, 0.5) is 0 Å². The quantitative estimate of drug-likeness (QED) is 0.849. The Hall–Kier alpha value is -0.570. The van der Waals surface area contributed by atoms with Crippen molar-refractivity contribution in [3.05, 3.63) is 0 Å². The summed E-state index contributed by atoms with van der Waals surface area (Å²) in [4.78, 5) is 15.0. The fraction of sp³-hybridized carbons (Fsp3) is 0.938. The summed E-state index contributed by atoms with van der Waals surface area (Å²) < 4.78 is 0. The average Bonchev–Trinajstić information content (AvgIpc) is 2.96. The summed E-state index contributed by atoms with van der Waals surface area (Å²) in [6, 6.07) is 1.85. The van der Waals surface area contributed by atoms with Gasteiger partial charge >= 0.3 is 0 Å². The molecule has 1 N–H and O–H groups in total. The SMILES string of the molecule is CCN(C(=O)C1CCCC1C)C1CC2CCC(C1)N2. The monoisotopic (exact) mass is 264 g/mol. The number of amides is 1. The molecule has 3 heteroatoms. The third-order valence-corrected chi connectivity index (χ3v) is 5.69. The molecule has 4 unspecified atom stereocenters. The lowest BCUT2D eigenvalue weighted by Crippen LogP contribution is -2.51. The van der Waals surface area contributed by atoms with Crippen LogP contribution in [-0.2, 0) is 4.79 Å². The fourth-order valence-electron chi connectivity index (χ4n) is 4.60. The largest absolute Gasteiger partial charge is 0.340 e. The molecule has 0 aromatic rings. The molecule has 2 heterocycles. The number of hydrogen-bond donors (Lipinski definition) is 1. The third kappa shape index (κ3) is 2.54. The molecule has 0 spiro atoms. The van der Waals surface area contributed by atoms with Gasteiger partial charge in [0.1, 0.15) is 0 Å². The first-order chi connectivity index (χ1) is 9.19. The van der Waals surface area contributed by atoms with Crippen molar-refractivity contribution in [1.82, 2.24) is 10.2 Å². The van der Waals surface area contributed by atoms with E-state index < -0.39 is 0 Å². The van der Waals surface area contributed by atoms with Gasteiger partial charge in [-0.25, -0.2) is 0 Å². The van der Waals surface area contributed by atoms with Gasteiger partial charge < -0.3 is 10.2 Å². The van der Waals surface area contributed by atoms with Crippen molar-refractivity contribution in [1.29, 1.82) is 0 Å². The van der Waals surface area contributed by atoms with Crippen molar-refractivity contribution in [3.63, 3.8) is 0 Å². The zero-order valence-electron chi connectivity index (χ0n) is 12.4. The Morgan fingerprint density at radius 1 is 1.16 bits per heavy atom. The molecule has 0 radical (unpaired) electrons. The molecule has 108 valence electrons. The van der Waals surface area contributed by atoms with E-state index in [0.29, 0.717) is 35.9 Å². The lowest BCUT2D eigenvalue weighted by molar-refractivity contribution is -0.139. The summed E-state index contributed by atoms with van der Waals surface area (Å²) in [6.07, 6.45) is 8.58. The summed E-state index contributed by atoms with van der Waals surface area (Å²) in [7, 11) is 0. The maximum atomic E-state index is 12.8. The zero-order valence-corrected chi connectivity index (χ0v) is 12.4. The molecule has 1 aliphatic carbocycles. The lowest BCUT2D eigenvalue weighted by Gasteiger charge is -2.39. The third-order valence-electron chi connectivity index (χ3n) is 5.69. The molecule has 19 heavy (non-hydrogen) atoms. The second-order valence-corrected chi connectivity index (χ2v) is 6.90. The van der Waals surface area contributed by atoms with Gasteiger partial charge in [0, 0.05) is 30.6 Å². The molecule has 3 aliphatic rings. The first kappa shape index (κ1) is 13.4. The summed E-state index contributed by atoms with van der Waals surface area (Å²) >= 11 is 0. The number of nitrogens with one attached hydrogen (secondary N) is 1. The number of hydrogen-bond acceptors (Lipinski definition) is 2. The van der Waals surface area contributed by atoms with Crippen LogP contribution in [0.25, 0.3) is 0 Å². The van der Waals surface area contributed by atoms with Crippen LogP contribution in [0.5, 0.6) is 0 Å². The van der Waals surface area contributed by atoms with E-state index >= 15 is 0 Å². The Morgan fingerprint density at radius 3 is 2.37 bits per heavy atom. The molecule has 0 aromatic heterocycles. The summed E-state index contributed by atoms with van der Waals surface area (Å²) in [5.41, 5.74) is 0. The van der Waals surface area contributed by atoms with Gasteiger partial charge in [0.25, 0.3) is 0 Å². The number of carbonyl (C=O) groups is 1. The van der Waals surface area contributed by atoms with Crippen LogP contribution >= 0.6 is 0 Å². The Kier molecular flexibility index (Phi) is 3.84. The minimum atomic E-state index is 0.312. The smallest absolute Gasteiger partial charge is 0.226 e. The van der Waals surface area contributed by atoms with E-state index in [4.69, 9.17) is 0 Å². The molecule has 2 saturated heterocycles. The van der Waals surface area contributed by atoms with Crippen molar-refractivity contribution < 1.29 is 4.79 Å². The van der Waals surface area contributed by atoms with Gasteiger partial charge in [-0.3, -0.25) is 4.79 Å². The van der Waals surface area contributed by atoms with Crippen LogP contribution < -0.4 is 5.32 Å². The highest BCUT2D eigenvalue weighted by Crippen LogP contribution is 2.35. The molecule has 3 fully saturated rings. The number of piperidine rings is 1.